The summed E-state index contributed by atoms with van der Waals surface area (Å²) < 4.78 is 5.23. The number of hydrogen-bond acceptors (Lipinski definition) is 3. The predicted molar refractivity (Wildman–Crippen MR) is 56.6 cm³/mol. The normalized spacial score (nSPS) is 21.7. The van der Waals surface area contributed by atoms with E-state index in [0.717, 1.165) is 31.9 Å². The Kier molecular flexibility index (Phi) is 1.74. The maximum atomic E-state index is 8.69. The van der Waals surface area contributed by atoms with Crippen molar-refractivity contribution in [2.45, 2.75) is 0 Å². The Morgan fingerprint density at radius 1 is 1.20 bits per heavy atom. The molecule has 0 N–H and O–H groups in total. The molecule has 76 valence electrons. The van der Waals surface area contributed by atoms with Crippen molar-refractivity contribution >= 4 is 5.69 Å². The minimum Gasteiger partial charge on any atom is -0.380 e. The predicted octanol–water partition coefficient (Wildman–Crippen LogP) is 1.39. The molecule has 0 atom stereocenters. The molecule has 0 radical (unpaired) electrons. The first-order chi connectivity index (χ1) is 7.31. The lowest BCUT2D eigenvalue weighted by molar-refractivity contribution is -0.127. The molecule has 0 amide bonds. The van der Waals surface area contributed by atoms with Gasteiger partial charge in [-0.25, -0.2) is 0 Å². The van der Waals surface area contributed by atoms with Gasteiger partial charge in [-0.3, -0.25) is 0 Å². The maximum absolute atomic E-state index is 8.69. The number of hydrogen-bond donors (Lipinski definition) is 0. The summed E-state index contributed by atoms with van der Waals surface area (Å²) in [5, 5.41) is 8.69. The lowest BCUT2D eigenvalue weighted by Gasteiger charge is -2.56. The average molecular weight is 200 g/mol. The molecule has 2 heterocycles. The van der Waals surface area contributed by atoms with Crippen molar-refractivity contribution in [2.24, 2.45) is 5.41 Å². The molecule has 1 aromatic carbocycles. The Bertz CT molecular complexity index is 406. The van der Waals surface area contributed by atoms with E-state index in [1.165, 1.54) is 5.69 Å². The molecule has 0 unspecified atom stereocenters. The van der Waals surface area contributed by atoms with Crippen molar-refractivity contribution in [3.05, 3.63) is 29.8 Å². The summed E-state index contributed by atoms with van der Waals surface area (Å²) in [5.74, 6) is 0. The second-order valence-corrected chi connectivity index (χ2v) is 4.51. The molecule has 3 heteroatoms. The Morgan fingerprint density at radius 3 is 2.33 bits per heavy atom. The van der Waals surface area contributed by atoms with Crippen LogP contribution in [0.2, 0.25) is 0 Å². The van der Waals surface area contributed by atoms with Gasteiger partial charge in [0.15, 0.2) is 0 Å². The molecule has 0 bridgehead atoms. The third kappa shape index (κ3) is 1.30. The fourth-order valence-electron chi connectivity index (χ4n) is 2.27. The van der Waals surface area contributed by atoms with Gasteiger partial charge in [-0.2, -0.15) is 5.26 Å². The highest BCUT2D eigenvalue weighted by molar-refractivity contribution is 5.52. The first-order valence-corrected chi connectivity index (χ1v) is 5.14. The van der Waals surface area contributed by atoms with Crippen molar-refractivity contribution in [1.29, 1.82) is 5.26 Å². The summed E-state index contributed by atoms with van der Waals surface area (Å²) in [5.41, 5.74) is 2.39. The third-order valence-electron chi connectivity index (χ3n) is 3.23. The molecule has 2 fully saturated rings. The van der Waals surface area contributed by atoms with Gasteiger partial charge in [0, 0.05) is 18.8 Å². The van der Waals surface area contributed by atoms with Crippen LogP contribution in [0.4, 0.5) is 5.69 Å². The van der Waals surface area contributed by atoms with Crippen LogP contribution >= 0.6 is 0 Å². The van der Waals surface area contributed by atoms with E-state index in [9.17, 15) is 0 Å². The number of nitrogens with zero attached hydrogens (tertiary/aromatic N) is 2. The molecule has 0 saturated carbocycles. The maximum Gasteiger partial charge on any atom is 0.0991 e. The molecule has 3 nitrogen and oxygen atoms in total. The van der Waals surface area contributed by atoms with Crippen LogP contribution in [0.15, 0.2) is 24.3 Å². The highest BCUT2D eigenvalue weighted by atomic mass is 16.5. The molecule has 15 heavy (non-hydrogen) atoms. The van der Waals surface area contributed by atoms with Crippen LogP contribution in [0.3, 0.4) is 0 Å². The quantitative estimate of drug-likeness (QED) is 0.687. The molecule has 0 aromatic heterocycles. The first-order valence-electron chi connectivity index (χ1n) is 5.14. The summed E-state index contributed by atoms with van der Waals surface area (Å²) >= 11 is 0. The topological polar surface area (TPSA) is 36.3 Å². The van der Waals surface area contributed by atoms with Crippen LogP contribution in [0.5, 0.6) is 0 Å². The van der Waals surface area contributed by atoms with Gasteiger partial charge >= 0.3 is 0 Å². The van der Waals surface area contributed by atoms with E-state index in [-0.39, 0.29) is 0 Å². The number of ether oxygens (including phenoxy) is 1. The summed E-state index contributed by atoms with van der Waals surface area (Å²) in [4.78, 5) is 2.34. The smallest absolute Gasteiger partial charge is 0.0991 e. The average Bonchev–Trinajstić information content (AvgIpc) is 2.14. The molecular weight excluding hydrogens is 188 g/mol. The Morgan fingerprint density at radius 2 is 1.87 bits per heavy atom. The molecule has 2 aliphatic heterocycles. The minimum atomic E-state index is 0.452. The van der Waals surface area contributed by atoms with Crippen LogP contribution in [0.25, 0.3) is 0 Å². The number of benzene rings is 1. The monoisotopic (exact) mass is 200 g/mol. The molecule has 3 rings (SSSR count). The van der Waals surface area contributed by atoms with Crippen LogP contribution in [-0.2, 0) is 4.74 Å². The van der Waals surface area contributed by atoms with Crippen LogP contribution in [0, 0.1) is 16.7 Å². The largest absolute Gasteiger partial charge is 0.380 e. The van der Waals surface area contributed by atoms with E-state index in [0.29, 0.717) is 5.41 Å². The highest BCUT2D eigenvalue weighted by Gasteiger charge is 2.48. The highest BCUT2D eigenvalue weighted by Crippen LogP contribution is 2.39. The van der Waals surface area contributed by atoms with Gasteiger partial charge in [-0.15, -0.1) is 0 Å². The Hall–Kier alpha value is -1.53. The van der Waals surface area contributed by atoms with Gasteiger partial charge in [-0.05, 0) is 24.3 Å². The van der Waals surface area contributed by atoms with Crippen LogP contribution < -0.4 is 4.90 Å². The second kappa shape index (κ2) is 2.98. The van der Waals surface area contributed by atoms with Crippen molar-refractivity contribution in [3.8, 4) is 6.07 Å². The Labute approximate surface area is 88.9 Å². The first kappa shape index (κ1) is 8.75. The number of rotatable bonds is 1. The van der Waals surface area contributed by atoms with Gasteiger partial charge in [0.2, 0.25) is 0 Å². The van der Waals surface area contributed by atoms with Crippen molar-refractivity contribution in [3.63, 3.8) is 0 Å². The zero-order chi connectivity index (χ0) is 10.3. The standard InChI is InChI=1S/C12H12N2O/c13-5-10-1-3-11(4-2-10)14-6-12(7-14)8-15-9-12/h1-4H,6-9H2. The second-order valence-electron chi connectivity index (χ2n) is 4.51. The van der Waals surface area contributed by atoms with E-state index >= 15 is 0 Å². The van der Waals surface area contributed by atoms with Gasteiger partial charge in [0.05, 0.1) is 30.3 Å². The van der Waals surface area contributed by atoms with Gasteiger partial charge < -0.3 is 9.64 Å². The molecule has 1 aromatic rings. The van der Waals surface area contributed by atoms with Gasteiger partial charge in [-0.1, -0.05) is 0 Å². The van der Waals surface area contributed by atoms with E-state index < -0.39 is 0 Å². The summed E-state index contributed by atoms with van der Waals surface area (Å²) in [6.07, 6.45) is 0. The summed E-state index contributed by atoms with van der Waals surface area (Å²) in [6.45, 7) is 4.03. The summed E-state index contributed by atoms with van der Waals surface area (Å²) in [6, 6.07) is 9.91. The van der Waals surface area contributed by atoms with Crippen LogP contribution in [-0.4, -0.2) is 26.3 Å². The SMILES string of the molecule is N#Cc1ccc(N2CC3(COC3)C2)cc1. The summed E-state index contributed by atoms with van der Waals surface area (Å²) in [7, 11) is 0. The lowest BCUT2D eigenvalue weighted by Crippen LogP contribution is -2.66. The van der Waals surface area contributed by atoms with Crippen molar-refractivity contribution < 1.29 is 4.74 Å². The van der Waals surface area contributed by atoms with E-state index in [2.05, 4.69) is 11.0 Å². The van der Waals surface area contributed by atoms with E-state index in [4.69, 9.17) is 10.00 Å². The molecule has 2 aliphatic rings. The van der Waals surface area contributed by atoms with Crippen molar-refractivity contribution in [2.75, 3.05) is 31.2 Å². The molecule has 1 spiro atoms. The van der Waals surface area contributed by atoms with E-state index in [1.807, 2.05) is 24.3 Å². The minimum absolute atomic E-state index is 0.452. The zero-order valence-electron chi connectivity index (χ0n) is 8.44. The molecular formula is C12H12N2O. The van der Waals surface area contributed by atoms with Crippen molar-refractivity contribution in [1.82, 2.24) is 0 Å². The van der Waals surface area contributed by atoms with E-state index in [1.54, 1.807) is 0 Å². The van der Waals surface area contributed by atoms with Crippen LogP contribution in [0.1, 0.15) is 5.56 Å². The molecule has 0 aliphatic carbocycles. The van der Waals surface area contributed by atoms with Gasteiger partial charge in [0.1, 0.15) is 0 Å². The fourth-order valence-corrected chi connectivity index (χ4v) is 2.27. The fraction of sp³-hybridized carbons (Fsp3) is 0.417. The number of anilines is 1. The number of nitriles is 1. The zero-order valence-corrected chi connectivity index (χ0v) is 8.44. The lowest BCUT2D eigenvalue weighted by atomic mass is 9.78. The Balaban J connectivity index is 1.70. The van der Waals surface area contributed by atoms with Gasteiger partial charge in [0.25, 0.3) is 0 Å². The third-order valence-corrected chi connectivity index (χ3v) is 3.23. The molecule has 2 saturated heterocycles.